The first-order chi connectivity index (χ1) is 7.83. The third kappa shape index (κ3) is 2.23. The van der Waals surface area contributed by atoms with E-state index in [1.165, 1.54) is 12.5 Å². The topological polar surface area (TPSA) is 27.0 Å². The molecule has 16 heavy (non-hydrogen) atoms. The molecule has 0 aliphatic carbocycles. The molecule has 0 bridgehead atoms. The average Bonchev–Trinajstić information content (AvgIpc) is 2.34. The van der Waals surface area contributed by atoms with Crippen LogP contribution in [0.25, 0.3) is 0 Å². The van der Waals surface area contributed by atoms with E-state index in [2.05, 4.69) is 11.0 Å². The first kappa shape index (κ1) is 11.1. The second kappa shape index (κ2) is 5.09. The summed E-state index contributed by atoms with van der Waals surface area (Å²) in [6, 6.07) is 8.35. The molecule has 1 aliphatic rings. The van der Waals surface area contributed by atoms with Gasteiger partial charge in [-0.3, -0.25) is 4.90 Å². The van der Waals surface area contributed by atoms with Gasteiger partial charge in [0.2, 0.25) is 0 Å². The Bertz CT molecular complexity index is 391. The normalized spacial score (nSPS) is 19.0. The zero-order valence-corrected chi connectivity index (χ0v) is 9.19. The molecule has 0 saturated carbocycles. The van der Waals surface area contributed by atoms with Gasteiger partial charge >= 0.3 is 0 Å². The highest BCUT2D eigenvalue weighted by molar-refractivity contribution is 5.26. The molecule has 0 N–H and O–H groups in total. The first-order valence-corrected chi connectivity index (χ1v) is 5.71. The van der Waals surface area contributed by atoms with Gasteiger partial charge in [-0.15, -0.1) is 0 Å². The Morgan fingerprint density at radius 1 is 1.19 bits per heavy atom. The fraction of sp³-hybridized carbons (Fsp3) is 0.462. The van der Waals surface area contributed by atoms with E-state index in [0.717, 1.165) is 25.9 Å². The van der Waals surface area contributed by atoms with Crippen molar-refractivity contribution in [3.63, 3.8) is 0 Å². The fourth-order valence-corrected chi connectivity index (χ4v) is 2.22. The summed E-state index contributed by atoms with van der Waals surface area (Å²) in [5.74, 6) is -0.278. The highest BCUT2D eigenvalue weighted by Gasteiger charge is 2.23. The summed E-state index contributed by atoms with van der Waals surface area (Å²) < 4.78 is 13.6. The van der Waals surface area contributed by atoms with E-state index in [9.17, 15) is 9.65 Å². The summed E-state index contributed by atoms with van der Waals surface area (Å²) in [6.07, 6.45) is 3.42. The van der Waals surface area contributed by atoms with Gasteiger partial charge in [-0.05, 0) is 32.0 Å². The Hall–Kier alpha value is -1.40. The Morgan fingerprint density at radius 3 is 2.50 bits per heavy atom. The maximum Gasteiger partial charge on any atom is 0.129 e. The second-order valence-electron chi connectivity index (χ2n) is 4.15. The van der Waals surface area contributed by atoms with Crippen LogP contribution in [-0.2, 0) is 0 Å². The maximum absolute atomic E-state index is 13.6. The number of nitriles is 1. The van der Waals surface area contributed by atoms with Crippen LogP contribution >= 0.6 is 0 Å². The Morgan fingerprint density at radius 2 is 1.88 bits per heavy atom. The van der Waals surface area contributed by atoms with Crippen LogP contribution in [0.4, 0.5) is 4.39 Å². The van der Waals surface area contributed by atoms with Crippen LogP contribution in [-0.4, -0.2) is 18.0 Å². The van der Waals surface area contributed by atoms with Crippen LogP contribution in [0.1, 0.15) is 30.9 Å². The van der Waals surface area contributed by atoms with Gasteiger partial charge in [0.1, 0.15) is 11.9 Å². The van der Waals surface area contributed by atoms with Crippen LogP contribution in [0.5, 0.6) is 0 Å². The highest BCUT2D eigenvalue weighted by atomic mass is 19.1. The van der Waals surface area contributed by atoms with E-state index < -0.39 is 6.04 Å². The lowest BCUT2D eigenvalue weighted by Crippen LogP contribution is -2.33. The smallest absolute Gasteiger partial charge is 0.129 e. The van der Waals surface area contributed by atoms with E-state index in [-0.39, 0.29) is 5.82 Å². The number of nitrogens with zero attached hydrogens (tertiary/aromatic N) is 2. The average molecular weight is 218 g/mol. The molecule has 0 amide bonds. The molecule has 0 aromatic heterocycles. The SMILES string of the molecule is N#CC(c1ccccc1F)N1CCCCC1. The molecule has 1 unspecified atom stereocenters. The van der Waals surface area contributed by atoms with Gasteiger partial charge in [0.25, 0.3) is 0 Å². The van der Waals surface area contributed by atoms with Crippen LogP contribution in [0.15, 0.2) is 24.3 Å². The van der Waals surface area contributed by atoms with E-state index in [4.69, 9.17) is 0 Å². The zero-order valence-electron chi connectivity index (χ0n) is 9.19. The molecule has 1 fully saturated rings. The summed E-state index contributed by atoms with van der Waals surface area (Å²) in [7, 11) is 0. The molecule has 84 valence electrons. The number of likely N-dealkylation sites (tertiary alicyclic amines) is 1. The lowest BCUT2D eigenvalue weighted by molar-refractivity contribution is 0.193. The molecule has 3 heteroatoms. The van der Waals surface area contributed by atoms with Crippen LogP contribution in [0.2, 0.25) is 0 Å². The van der Waals surface area contributed by atoms with E-state index in [0.29, 0.717) is 5.56 Å². The van der Waals surface area contributed by atoms with Crippen molar-refractivity contribution in [2.45, 2.75) is 25.3 Å². The summed E-state index contributed by atoms with van der Waals surface area (Å²) in [5, 5.41) is 9.20. The van der Waals surface area contributed by atoms with Crippen molar-refractivity contribution >= 4 is 0 Å². The molecule has 0 spiro atoms. The quantitative estimate of drug-likeness (QED) is 0.763. The van der Waals surface area contributed by atoms with Gasteiger partial charge in [0.15, 0.2) is 0 Å². The molecule has 1 aromatic rings. The maximum atomic E-state index is 13.6. The number of rotatable bonds is 2. The molecule has 0 radical (unpaired) electrons. The Labute approximate surface area is 95.3 Å². The lowest BCUT2D eigenvalue weighted by atomic mass is 10.0. The van der Waals surface area contributed by atoms with Gasteiger partial charge in [0, 0.05) is 5.56 Å². The summed E-state index contributed by atoms with van der Waals surface area (Å²) in [4.78, 5) is 2.07. The van der Waals surface area contributed by atoms with E-state index in [1.807, 2.05) is 0 Å². The molecule has 1 heterocycles. The summed E-state index contributed by atoms with van der Waals surface area (Å²) in [6.45, 7) is 1.79. The Kier molecular flexibility index (Phi) is 3.53. The van der Waals surface area contributed by atoms with Crippen molar-refractivity contribution in [2.75, 3.05) is 13.1 Å². The molecule has 1 aromatic carbocycles. The molecule has 1 aliphatic heterocycles. The lowest BCUT2D eigenvalue weighted by Gasteiger charge is -2.30. The molecular weight excluding hydrogens is 203 g/mol. The first-order valence-electron chi connectivity index (χ1n) is 5.71. The van der Waals surface area contributed by atoms with E-state index >= 15 is 0 Å². The van der Waals surface area contributed by atoms with Gasteiger partial charge in [-0.1, -0.05) is 24.6 Å². The number of piperidine rings is 1. The predicted octanol–water partition coefficient (Wildman–Crippen LogP) is 2.88. The van der Waals surface area contributed by atoms with Crippen molar-refractivity contribution in [2.24, 2.45) is 0 Å². The van der Waals surface area contributed by atoms with Gasteiger partial charge in [0.05, 0.1) is 6.07 Å². The third-order valence-corrected chi connectivity index (χ3v) is 3.08. The monoisotopic (exact) mass is 218 g/mol. The predicted molar refractivity (Wildman–Crippen MR) is 60.2 cm³/mol. The molecule has 2 rings (SSSR count). The highest BCUT2D eigenvalue weighted by Crippen LogP contribution is 2.25. The zero-order chi connectivity index (χ0) is 11.4. The van der Waals surface area contributed by atoms with Crippen molar-refractivity contribution in [3.8, 4) is 6.07 Å². The minimum Gasteiger partial charge on any atom is -0.284 e. The van der Waals surface area contributed by atoms with Crippen LogP contribution in [0, 0.1) is 17.1 Å². The molecular formula is C13H15FN2. The van der Waals surface area contributed by atoms with Crippen molar-refractivity contribution in [1.82, 2.24) is 4.90 Å². The number of hydrogen-bond donors (Lipinski definition) is 0. The van der Waals surface area contributed by atoms with Gasteiger partial charge in [-0.2, -0.15) is 5.26 Å². The van der Waals surface area contributed by atoms with Crippen LogP contribution in [0.3, 0.4) is 0 Å². The summed E-state index contributed by atoms with van der Waals surface area (Å²) >= 11 is 0. The largest absolute Gasteiger partial charge is 0.284 e. The molecule has 1 saturated heterocycles. The Balaban J connectivity index is 2.22. The number of hydrogen-bond acceptors (Lipinski definition) is 2. The van der Waals surface area contributed by atoms with Crippen LogP contribution < -0.4 is 0 Å². The van der Waals surface area contributed by atoms with Gasteiger partial charge in [-0.25, -0.2) is 4.39 Å². The number of benzene rings is 1. The molecule has 1 atom stereocenters. The molecule has 2 nitrogen and oxygen atoms in total. The van der Waals surface area contributed by atoms with Crippen molar-refractivity contribution < 1.29 is 4.39 Å². The summed E-state index contributed by atoms with van der Waals surface area (Å²) in [5.41, 5.74) is 0.506. The van der Waals surface area contributed by atoms with E-state index in [1.54, 1.807) is 18.2 Å². The fourth-order valence-electron chi connectivity index (χ4n) is 2.22. The van der Waals surface area contributed by atoms with Crippen molar-refractivity contribution in [3.05, 3.63) is 35.6 Å². The number of halogens is 1. The minimum atomic E-state index is -0.429. The van der Waals surface area contributed by atoms with Crippen molar-refractivity contribution in [1.29, 1.82) is 5.26 Å². The standard InChI is InChI=1S/C13H15FN2/c14-12-7-3-2-6-11(12)13(10-15)16-8-4-1-5-9-16/h2-3,6-7,13H,1,4-5,8-9H2. The minimum absolute atomic E-state index is 0.278. The van der Waals surface area contributed by atoms with Gasteiger partial charge < -0.3 is 0 Å². The second-order valence-corrected chi connectivity index (χ2v) is 4.15. The third-order valence-electron chi connectivity index (χ3n) is 3.08.